The SMILES string of the molecule is Cc1ccc(-c2cn(CC3CCOCC3)cc(C(=O)Nc3ccc(C4=CC(C5=CC(F)C(CN6CCN(C)CC6)C=C5)=CNC4N)cc3)c2=O)cc1. The molecular weight excluding hydrogens is 655 g/mol. The number of nitrogens with one attached hydrogen (secondary N) is 2. The molecule has 2 fully saturated rings. The van der Waals surface area contributed by atoms with Crippen LogP contribution in [0.3, 0.4) is 0 Å². The van der Waals surface area contributed by atoms with Gasteiger partial charge in [-0.2, -0.15) is 0 Å². The summed E-state index contributed by atoms with van der Waals surface area (Å²) in [7, 11) is 2.12. The van der Waals surface area contributed by atoms with E-state index in [0.29, 0.717) is 30.3 Å². The number of hydrogen-bond donors (Lipinski definition) is 3. The maximum Gasteiger partial charge on any atom is 0.261 e. The highest BCUT2D eigenvalue weighted by molar-refractivity contribution is 6.04. The molecule has 0 saturated carbocycles. The number of benzene rings is 2. The third kappa shape index (κ3) is 8.37. The molecule has 3 aromatic rings. The van der Waals surface area contributed by atoms with E-state index in [1.807, 2.05) is 90.6 Å². The molecule has 3 unspecified atom stereocenters. The number of carbonyl (C=O) groups excluding carboxylic acids is 1. The smallest absolute Gasteiger partial charge is 0.261 e. The number of alkyl halides is 1. The highest BCUT2D eigenvalue weighted by Crippen LogP contribution is 2.31. The number of anilines is 1. The normalized spacial score (nSPS) is 23.0. The molecule has 52 heavy (non-hydrogen) atoms. The lowest BCUT2D eigenvalue weighted by atomic mass is 9.88. The van der Waals surface area contributed by atoms with Crippen molar-refractivity contribution in [3.05, 3.63) is 129 Å². The van der Waals surface area contributed by atoms with E-state index in [-0.39, 0.29) is 16.9 Å². The Labute approximate surface area is 305 Å². The van der Waals surface area contributed by atoms with Crippen molar-refractivity contribution >= 4 is 17.2 Å². The van der Waals surface area contributed by atoms with Gasteiger partial charge in [-0.05, 0) is 84.9 Å². The maximum atomic E-state index is 15.4. The van der Waals surface area contributed by atoms with Crippen molar-refractivity contribution in [3.63, 3.8) is 0 Å². The zero-order valence-electron chi connectivity index (χ0n) is 30.1. The molecule has 0 bridgehead atoms. The van der Waals surface area contributed by atoms with Crippen LogP contribution in [0.5, 0.6) is 0 Å². The minimum Gasteiger partial charge on any atom is -0.381 e. The number of rotatable bonds is 9. The van der Waals surface area contributed by atoms with E-state index in [0.717, 1.165) is 85.6 Å². The predicted molar refractivity (Wildman–Crippen MR) is 206 cm³/mol. The highest BCUT2D eigenvalue weighted by atomic mass is 19.1. The molecule has 0 spiro atoms. The van der Waals surface area contributed by atoms with Crippen LogP contribution in [0.1, 0.15) is 34.3 Å². The van der Waals surface area contributed by atoms with Crippen LogP contribution in [0.2, 0.25) is 0 Å². The van der Waals surface area contributed by atoms with Crippen molar-refractivity contribution in [3.8, 4) is 11.1 Å². The molecule has 4 heterocycles. The molecule has 1 amide bonds. The Morgan fingerprint density at radius 3 is 2.38 bits per heavy atom. The molecule has 2 saturated heterocycles. The van der Waals surface area contributed by atoms with Crippen molar-refractivity contribution in [2.24, 2.45) is 17.6 Å². The van der Waals surface area contributed by atoms with Gasteiger partial charge in [0.25, 0.3) is 5.91 Å². The zero-order chi connectivity index (χ0) is 36.2. The Morgan fingerprint density at radius 2 is 1.67 bits per heavy atom. The van der Waals surface area contributed by atoms with Gasteiger partial charge in [-0.3, -0.25) is 9.59 Å². The first-order valence-corrected chi connectivity index (χ1v) is 18.4. The van der Waals surface area contributed by atoms with Gasteiger partial charge < -0.3 is 35.5 Å². The monoisotopic (exact) mass is 704 g/mol. The maximum absolute atomic E-state index is 15.4. The second-order valence-electron chi connectivity index (χ2n) is 14.6. The van der Waals surface area contributed by atoms with Crippen molar-refractivity contribution in [1.82, 2.24) is 19.7 Å². The van der Waals surface area contributed by atoms with Crippen LogP contribution in [0.15, 0.2) is 107 Å². The van der Waals surface area contributed by atoms with Gasteiger partial charge in [-0.1, -0.05) is 54.1 Å². The van der Waals surface area contributed by atoms with Crippen LogP contribution < -0.4 is 21.8 Å². The average molecular weight is 705 g/mol. The number of allylic oxidation sites excluding steroid dienone is 5. The Hall–Kier alpha value is -4.61. The Kier molecular flexibility index (Phi) is 11.0. The third-order valence-corrected chi connectivity index (χ3v) is 10.7. The summed E-state index contributed by atoms with van der Waals surface area (Å²) in [6.07, 6.45) is 13.5. The number of likely N-dealkylation sites (N-methyl/N-ethyl adjacent to an activating group) is 1. The van der Waals surface area contributed by atoms with E-state index in [4.69, 9.17) is 10.5 Å². The number of piperazine rings is 1. The van der Waals surface area contributed by atoms with E-state index in [1.165, 1.54) is 0 Å². The standard InChI is InChI=1S/C42H49FN6O3/c1-28-3-5-31(6-4-28)37-26-49(24-29-13-19-52-20-14-29)27-38(40(37)50)42(51)46-35-11-9-30(10-12-35)36-21-34(23-45-41(36)44)32-7-8-33(39(43)22-32)25-48-17-15-47(2)16-18-48/h3-12,21-23,26-27,29,33,39,41,45H,13-20,24-25,44H2,1-2H3,(H,46,51). The predicted octanol–water partition coefficient (Wildman–Crippen LogP) is 5.36. The summed E-state index contributed by atoms with van der Waals surface area (Å²) >= 11 is 0. The number of ether oxygens (including phenoxy) is 1. The molecule has 3 atom stereocenters. The number of hydrogen-bond acceptors (Lipinski definition) is 7. The highest BCUT2D eigenvalue weighted by Gasteiger charge is 2.27. The number of aromatic nitrogens is 1. The molecule has 2 aromatic carbocycles. The van der Waals surface area contributed by atoms with Gasteiger partial charge in [0.15, 0.2) is 0 Å². The first-order chi connectivity index (χ1) is 25.2. The van der Waals surface area contributed by atoms with Crippen LogP contribution >= 0.6 is 0 Å². The molecule has 3 aliphatic heterocycles. The number of nitrogens with zero attached hydrogens (tertiary/aromatic N) is 3. The van der Waals surface area contributed by atoms with Crippen molar-refractivity contribution in [1.29, 1.82) is 0 Å². The summed E-state index contributed by atoms with van der Waals surface area (Å²) in [5.41, 5.74) is 12.6. The summed E-state index contributed by atoms with van der Waals surface area (Å²) in [6, 6.07) is 15.2. The van der Waals surface area contributed by atoms with E-state index >= 15 is 4.39 Å². The molecular formula is C42H49FN6O3. The molecule has 4 aliphatic rings. The minimum absolute atomic E-state index is 0.0935. The molecule has 1 aromatic heterocycles. The number of carbonyl (C=O) groups is 1. The number of halogens is 1. The molecule has 9 nitrogen and oxygen atoms in total. The third-order valence-electron chi connectivity index (χ3n) is 10.7. The Balaban J connectivity index is 1.06. The summed E-state index contributed by atoms with van der Waals surface area (Å²) < 4.78 is 22.9. The van der Waals surface area contributed by atoms with Crippen molar-refractivity contribution in [2.45, 2.75) is 38.6 Å². The van der Waals surface area contributed by atoms with Gasteiger partial charge in [-0.15, -0.1) is 0 Å². The Morgan fingerprint density at radius 1 is 0.962 bits per heavy atom. The molecule has 7 rings (SSSR count). The van der Waals surface area contributed by atoms with Gasteiger partial charge in [0, 0.05) is 88.2 Å². The number of nitrogens with two attached hydrogens (primary N) is 1. The zero-order valence-corrected chi connectivity index (χ0v) is 30.1. The molecule has 0 radical (unpaired) electrons. The van der Waals surface area contributed by atoms with Gasteiger partial charge in [0.05, 0.1) is 0 Å². The first kappa shape index (κ1) is 35.8. The van der Waals surface area contributed by atoms with E-state index in [2.05, 4.69) is 27.5 Å². The van der Waals surface area contributed by atoms with E-state index in [1.54, 1.807) is 12.3 Å². The van der Waals surface area contributed by atoms with Crippen LogP contribution in [0.25, 0.3) is 16.7 Å². The molecule has 272 valence electrons. The molecule has 4 N–H and O–H groups in total. The van der Waals surface area contributed by atoms with Gasteiger partial charge in [-0.25, -0.2) is 4.39 Å². The molecule has 10 heteroatoms. The summed E-state index contributed by atoms with van der Waals surface area (Å²) in [5.74, 6) is -0.225. The Bertz CT molecular complexity index is 1930. The quantitative estimate of drug-likeness (QED) is 0.276. The number of pyridine rings is 1. The second kappa shape index (κ2) is 16.0. The minimum atomic E-state index is -1.07. The van der Waals surface area contributed by atoms with E-state index < -0.39 is 18.2 Å². The lowest BCUT2D eigenvalue weighted by molar-refractivity contribution is 0.0612. The van der Waals surface area contributed by atoms with Crippen molar-refractivity contribution < 1.29 is 13.9 Å². The fourth-order valence-corrected chi connectivity index (χ4v) is 7.37. The van der Waals surface area contributed by atoms with Crippen LogP contribution in [0, 0.1) is 18.8 Å². The van der Waals surface area contributed by atoms with Crippen LogP contribution in [-0.4, -0.2) is 85.6 Å². The van der Waals surface area contributed by atoms with Crippen LogP contribution in [0.4, 0.5) is 10.1 Å². The summed E-state index contributed by atoms with van der Waals surface area (Å²) in [4.78, 5) is 32.1. The van der Waals surface area contributed by atoms with E-state index in [9.17, 15) is 9.59 Å². The lowest BCUT2D eigenvalue weighted by Gasteiger charge is -2.35. The number of dihydropyridines is 1. The van der Waals surface area contributed by atoms with Crippen LogP contribution in [-0.2, 0) is 11.3 Å². The van der Waals surface area contributed by atoms with Gasteiger partial charge in [0.1, 0.15) is 17.9 Å². The number of aryl methyl sites for hydroxylation is 1. The topological polar surface area (TPSA) is 105 Å². The number of amides is 1. The fraction of sp³-hybridized carbons (Fsp3) is 0.381. The molecule has 1 aliphatic carbocycles. The summed E-state index contributed by atoms with van der Waals surface area (Å²) in [6.45, 7) is 8.80. The largest absolute Gasteiger partial charge is 0.381 e. The fourth-order valence-electron chi connectivity index (χ4n) is 7.37. The summed E-state index contributed by atoms with van der Waals surface area (Å²) in [5, 5.41) is 6.17. The second-order valence-corrected chi connectivity index (χ2v) is 14.6. The first-order valence-electron chi connectivity index (χ1n) is 18.4. The van der Waals surface area contributed by atoms with Gasteiger partial charge >= 0.3 is 0 Å². The lowest BCUT2D eigenvalue weighted by Crippen LogP contribution is -2.46. The van der Waals surface area contributed by atoms with Gasteiger partial charge in [0.2, 0.25) is 5.43 Å². The van der Waals surface area contributed by atoms with Crippen molar-refractivity contribution in [2.75, 3.05) is 58.3 Å². The average Bonchev–Trinajstić information content (AvgIpc) is 3.15.